The maximum atomic E-state index is 12.7. The van der Waals surface area contributed by atoms with Gasteiger partial charge in [-0.05, 0) is 33.0 Å². The first-order valence-corrected chi connectivity index (χ1v) is 8.03. The molecule has 0 unspecified atom stereocenters. The van der Waals surface area contributed by atoms with Gasteiger partial charge in [0.2, 0.25) is 5.91 Å². The number of carbonyl (C=O) groups excluding carboxylic acids is 1. The second-order valence-corrected chi connectivity index (χ2v) is 6.03. The molecule has 0 spiro atoms. The third kappa shape index (κ3) is 4.42. The Morgan fingerprint density at radius 2 is 2.17 bits per heavy atom. The molecule has 1 N–H and O–H groups in total. The third-order valence-corrected chi connectivity index (χ3v) is 3.81. The van der Waals surface area contributed by atoms with Crippen LogP contribution in [0.15, 0.2) is 36.7 Å². The Kier molecular flexibility index (Phi) is 5.93. The Hall–Kier alpha value is -2.14. The quantitative estimate of drug-likeness (QED) is 0.854. The van der Waals surface area contributed by atoms with Crippen molar-refractivity contribution in [1.29, 1.82) is 0 Å². The van der Waals surface area contributed by atoms with Crippen molar-refractivity contribution in [3.05, 3.63) is 53.6 Å². The van der Waals surface area contributed by atoms with Gasteiger partial charge in [0.15, 0.2) is 0 Å². The van der Waals surface area contributed by atoms with Crippen molar-refractivity contribution >= 4 is 5.91 Å². The van der Waals surface area contributed by atoms with Crippen molar-refractivity contribution in [2.75, 3.05) is 14.1 Å². The van der Waals surface area contributed by atoms with Crippen molar-refractivity contribution in [3.8, 4) is 0 Å². The Morgan fingerprint density at radius 3 is 2.83 bits per heavy atom. The van der Waals surface area contributed by atoms with Gasteiger partial charge in [-0.3, -0.25) is 9.69 Å². The Bertz CT molecular complexity index is 648. The van der Waals surface area contributed by atoms with E-state index < -0.39 is 0 Å². The highest BCUT2D eigenvalue weighted by Crippen LogP contribution is 2.19. The number of aryl methyl sites for hydroxylation is 2. The summed E-state index contributed by atoms with van der Waals surface area (Å²) in [6.45, 7) is 5.53. The SMILES string of the molecule is CCCn1ccnc1CNC(=O)[C@@H](c1cccc(C)c1)N(C)C. The van der Waals surface area contributed by atoms with Crippen molar-refractivity contribution in [1.82, 2.24) is 19.8 Å². The summed E-state index contributed by atoms with van der Waals surface area (Å²) in [5.41, 5.74) is 2.16. The molecule has 0 saturated heterocycles. The van der Waals surface area contributed by atoms with Gasteiger partial charge < -0.3 is 9.88 Å². The zero-order valence-corrected chi connectivity index (χ0v) is 14.4. The lowest BCUT2D eigenvalue weighted by Gasteiger charge is -2.24. The predicted molar refractivity (Wildman–Crippen MR) is 92.0 cm³/mol. The largest absolute Gasteiger partial charge is 0.347 e. The number of carbonyl (C=O) groups is 1. The number of nitrogens with one attached hydrogen (secondary N) is 1. The number of rotatable bonds is 7. The predicted octanol–water partition coefficient (Wildman–Crippen LogP) is 2.52. The highest BCUT2D eigenvalue weighted by atomic mass is 16.2. The molecule has 0 radical (unpaired) electrons. The molecule has 124 valence electrons. The van der Waals surface area contributed by atoms with E-state index in [1.165, 1.54) is 0 Å². The Labute approximate surface area is 138 Å². The number of hydrogen-bond donors (Lipinski definition) is 1. The molecule has 23 heavy (non-hydrogen) atoms. The molecular formula is C18H26N4O. The molecule has 2 aromatic rings. The second kappa shape index (κ2) is 7.92. The van der Waals surface area contributed by atoms with Crippen LogP contribution >= 0.6 is 0 Å². The fourth-order valence-electron chi connectivity index (χ4n) is 2.74. The van der Waals surface area contributed by atoms with E-state index in [1.807, 2.05) is 50.3 Å². The Balaban J connectivity index is 2.08. The van der Waals surface area contributed by atoms with Gasteiger partial charge in [0.25, 0.3) is 0 Å². The Morgan fingerprint density at radius 1 is 1.39 bits per heavy atom. The summed E-state index contributed by atoms with van der Waals surface area (Å²) in [6.07, 6.45) is 4.77. The van der Waals surface area contributed by atoms with E-state index in [9.17, 15) is 4.79 Å². The maximum Gasteiger partial charge on any atom is 0.242 e. The number of aromatic nitrogens is 2. The van der Waals surface area contributed by atoms with Gasteiger partial charge in [-0.1, -0.05) is 36.8 Å². The first-order chi connectivity index (χ1) is 11.0. The summed E-state index contributed by atoms with van der Waals surface area (Å²) < 4.78 is 2.08. The van der Waals surface area contributed by atoms with E-state index in [1.54, 1.807) is 6.20 Å². The summed E-state index contributed by atoms with van der Waals surface area (Å²) >= 11 is 0. The lowest BCUT2D eigenvalue weighted by Crippen LogP contribution is -2.37. The zero-order valence-electron chi connectivity index (χ0n) is 14.4. The van der Waals surface area contributed by atoms with Crippen molar-refractivity contribution in [3.63, 3.8) is 0 Å². The number of imidazole rings is 1. The minimum atomic E-state index is -0.301. The molecule has 0 aliphatic heterocycles. The second-order valence-electron chi connectivity index (χ2n) is 6.03. The van der Waals surface area contributed by atoms with E-state index >= 15 is 0 Å². The molecular weight excluding hydrogens is 288 g/mol. The van der Waals surface area contributed by atoms with Crippen LogP contribution < -0.4 is 5.32 Å². The van der Waals surface area contributed by atoms with Crippen LogP contribution in [0, 0.1) is 6.92 Å². The molecule has 1 atom stereocenters. The van der Waals surface area contributed by atoms with Crippen LogP contribution in [0.1, 0.15) is 36.3 Å². The number of hydrogen-bond acceptors (Lipinski definition) is 3. The van der Waals surface area contributed by atoms with Crippen LogP contribution in [0.25, 0.3) is 0 Å². The van der Waals surface area contributed by atoms with Gasteiger partial charge in [0.05, 0.1) is 6.54 Å². The number of nitrogens with zero attached hydrogens (tertiary/aromatic N) is 3. The van der Waals surface area contributed by atoms with Crippen LogP contribution in [-0.4, -0.2) is 34.5 Å². The van der Waals surface area contributed by atoms with E-state index in [2.05, 4.69) is 27.9 Å². The molecule has 0 aliphatic rings. The normalized spacial score (nSPS) is 12.4. The molecule has 1 amide bonds. The minimum absolute atomic E-state index is 0.00773. The zero-order chi connectivity index (χ0) is 16.8. The van der Waals surface area contributed by atoms with Crippen molar-refractivity contribution < 1.29 is 4.79 Å². The van der Waals surface area contributed by atoms with Gasteiger partial charge in [-0.25, -0.2) is 4.98 Å². The first-order valence-electron chi connectivity index (χ1n) is 8.03. The molecule has 0 saturated carbocycles. The summed E-state index contributed by atoms with van der Waals surface area (Å²) in [5.74, 6) is 0.883. The van der Waals surface area contributed by atoms with Crippen molar-refractivity contribution in [2.45, 2.75) is 39.4 Å². The maximum absolute atomic E-state index is 12.7. The smallest absolute Gasteiger partial charge is 0.242 e. The standard InChI is InChI=1S/C18H26N4O/c1-5-10-22-11-9-19-16(22)13-20-18(23)17(21(3)4)15-8-6-7-14(2)12-15/h6-9,11-12,17H,5,10,13H2,1-4H3,(H,20,23)/t17-/m1/s1. The molecule has 0 fully saturated rings. The van der Waals surface area contributed by atoms with Gasteiger partial charge in [0, 0.05) is 18.9 Å². The van der Waals surface area contributed by atoms with Gasteiger partial charge >= 0.3 is 0 Å². The summed E-state index contributed by atoms with van der Waals surface area (Å²) in [6, 6.07) is 7.78. The molecule has 0 aliphatic carbocycles. The fraction of sp³-hybridized carbons (Fsp3) is 0.444. The topological polar surface area (TPSA) is 50.2 Å². The number of benzene rings is 1. The van der Waals surface area contributed by atoms with Crippen LogP contribution in [-0.2, 0) is 17.9 Å². The summed E-state index contributed by atoms with van der Waals surface area (Å²) in [5, 5.41) is 3.02. The molecule has 5 nitrogen and oxygen atoms in total. The lowest BCUT2D eigenvalue weighted by atomic mass is 10.0. The molecule has 1 aromatic carbocycles. The van der Waals surface area contributed by atoms with Crippen LogP contribution in [0.3, 0.4) is 0 Å². The monoisotopic (exact) mass is 314 g/mol. The summed E-state index contributed by atoms with van der Waals surface area (Å²) in [4.78, 5) is 18.9. The number of amides is 1. The third-order valence-electron chi connectivity index (χ3n) is 3.81. The van der Waals surface area contributed by atoms with Crippen LogP contribution in [0.5, 0.6) is 0 Å². The van der Waals surface area contributed by atoms with Crippen LogP contribution in [0.4, 0.5) is 0 Å². The van der Waals surface area contributed by atoms with Gasteiger partial charge in [0.1, 0.15) is 11.9 Å². The molecule has 5 heteroatoms. The van der Waals surface area contributed by atoms with E-state index in [-0.39, 0.29) is 11.9 Å². The summed E-state index contributed by atoms with van der Waals surface area (Å²) in [7, 11) is 3.84. The minimum Gasteiger partial charge on any atom is -0.347 e. The molecule has 2 rings (SSSR count). The molecule has 0 bridgehead atoms. The van der Waals surface area contributed by atoms with Crippen molar-refractivity contribution in [2.24, 2.45) is 0 Å². The lowest BCUT2D eigenvalue weighted by molar-refractivity contribution is -0.126. The molecule has 1 heterocycles. The average molecular weight is 314 g/mol. The first kappa shape index (κ1) is 17.2. The van der Waals surface area contributed by atoms with Gasteiger partial charge in [-0.2, -0.15) is 0 Å². The number of likely N-dealkylation sites (N-methyl/N-ethyl adjacent to an activating group) is 1. The van der Waals surface area contributed by atoms with E-state index in [0.717, 1.165) is 29.9 Å². The highest BCUT2D eigenvalue weighted by molar-refractivity contribution is 5.83. The van der Waals surface area contributed by atoms with Gasteiger partial charge in [-0.15, -0.1) is 0 Å². The fourth-order valence-corrected chi connectivity index (χ4v) is 2.74. The molecule has 1 aromatic heterocycles. The van der Waals surface area contributed by atoms with E-state index in [0.29, 0.717) is 6.54 Å². The van der Waals surface area contributed by atoms with E-state index in [4.69, 9.17) is 0 Å². The highest BCUT2D eigenvalue weighted by Gasteiger charge is 2.23. The van der Waals surface area contributed by atoms with Crippen LogP contribution in [0.2, 0.25) is 0 Å². The average Bonchev–Trinajstić information content (AvgIpc) is 2.93.